The van der Waals surface area contributed by atoms with Crippen LogP contribution in [-0.4, -0.2) is 13.0 Å². The summed E-state index contributed by atoms with van der Waals surface area (Å²) in [7, 11) is -4.41. The van der Waals surface area contributed by atoms with Gasteiger partial charge in [-0.25, -0.2) is 0 Å². The Morgan fingerprint density at radius 1 is 1.08 bits per heavy atom. The summed E-state index contributed by atoms with van der Waals surface area (Å²) in [4.78, 5) is -0.309. The number of ether oxygens (including phenoxy) is 1. The Bertz CT molecular complexity index is 790. The number of aryl methyl sites for hydroxylation is 1. The Morgan fingerprint density at radius 3 is 2.48 bits per heavy atom. The summed E-state index contributed by atoms with van der Waals surface area (Å²) in [6, 6.07) is 10.3. The van der Waals surface area contributed by atoms with E-state index in [1.807, 2.05) is 0 Å². The van der Waals surface area contributed by atoms with Crippen LogP contribution in [0.1, 0.15) is 38.2 Å². The molecule has 2 rings (SSSR count). The van der Waals surface area contributed by atoms with E-state index in [2.05, 4.69) is 6.92 Å². The molecule has 0 spiro atoms. The summed E-state index contributed by atoms with van der Waals surface area (Å²) in [5.41, 5.74) is 0.923. The van der Waals surface area contributed by atoms with Gasteiger partial charge in [-0.1, -0.05) is 44.4 Å². The van der Waals surface area contributed by atoms with E-state index in [1.54, 1.807) is 18.2 Å². The number of rotatable bonds is 8. The molecule has 130 valence electrons. The van der Waals surface area contributed by atoms with Gasteiger partial charge in [0.1, 0.15) is 16.4 Å². The molecule has 5 nitrogen and oxygen atoms in total. The van der Waals surface area contributed by atoms with Gasteiger partial charge in [0.15, 0.2) is 0 Å². The average Bonchev–Trinajstić information content (AvgIpc) is 2.51. The molecule has 0 aliphatic carbocycles. The first-order valence-corrected chi connectivity index (χ1v) is 9.39. The quantitative estimate of drug-likeness (QED) is 0.413. The first kappa shape index (κ1) is 22.6. The van der Waals surface area contributed by atoms with E-state index < -0.39 is 10.1 Å². The standard InChI is InChI=1S/C18H22O5S.K/c1-2-3-4-5-7-14-10-11-18(24(20,21)22)17(12-14)23-16-9-6-8-15(19)13-16;/h6,8-13,19H,2-5,7H2,1H3,(H,20,21,22);/q;+1/p-1. The summed E-state index contributed by atoms with van der Waals surface area (Å²) < 4.78 is 38.0. The summed E-state index contributed by atoms with van der Waals surface area (Å²) in [6.45, 7) is 2.14. The predicted octanol–water partition coefficient (Wildman–Crippen LogP) is 0.926. The van der Waals surface area contributed by atoms with Gasteiger partial charge in [0, 0.05) is 0 Å². The van der Waals surface area contributed by atoms with E-state index >= 15 is 0 Å². The zero-order chi connectivity index (χ0) is 17.6. The topological polar surface area (TPSA) is 86.7 Å². The maximum atomic E-state index is 11.5. The third-order valence-corrected chi connectivity index (χ3v) is 4.53. The van der Waals surface area contributed by atoms with Gasteiger partial charge in [-0.3, -0.25) is 4.55 Å². The van der Waals surface area contributed by atoms with Crippen LogP contribution in [0.2, 0.25) is 0 Å². The monoisotopic (exact) mass is 388 g/mol. The summed E-state index contributed by atoms with van der Waals surface area (Å²) in [6.07, 6.45) is 5.19. The SMILES string of the molecule is CCCCCCc1ccc(S(=O)(=O)O)c(Oc2cccc([O-])c2)c1.[K+]. The Morgan fingerprint density at radius 2 is 1.84 bits per heavy atom. The second kappa shape index (κ2) is 10.7. The summed E-state index contributed by atoms with van der Waals surface area (Å²) in [5.74, 6) is 0.0169. The van der Waals surface area contributed by atoms with Gasteiger partial charge in [-0.15, -0.1) is 5.75 Å². The zero-order valence-electron chi connectivity index (χ0n) is 14.6. The largest absolute Gasteiger partial charge is 1.00 e. The summed E-state index contributed by atoms with van der Waals surface area (Å²) in [5, 5.41) is 11.4. The van der Waals surface area contributed by atoms with E-state index in [0.29, 0.717) is 0 Å². The number of benzene rings is 2. The minimum Gasteiger partial charge on any atom is -0.872 e. The molecule has 0 aliphatic rings. The van der Waals surface area contributed by atoms with Crippen LogP contribution in [0.5, 0.6) is 17.2 Å². The van der Waals surface area contributed by atoms with Gasteiger partial charge in [-0.05, 0) is 42.7 Å². The molecule has 7 heteroatoms. The molecule has 0 saturated carbocycles. The van der Waals surface area contributed by atoms with Crippen LogP contribution in [0, 0.1) is 0 Å². The van der Waals surface area contributed by atoms with Crippen molar-refractivity contribution in [1.29, 1.82) is 0 Å². The van der Waals surface area contributed by atoms with Crippen LogP contribution < -0.4 is 61.2 Å². The third kappa shape index (κ3) is 7.38. The molecule has 0 atom stereocenters. The first-order chi connectivity index (χ1) is 11.4. The molecule has 2 aromatic rings. The van der Waals surface area contributed by atoms with Crippen molar-refractivity contribution in [1.82, 2.24) is 0 Å². The fourth-order valence-corrected chi connectivity index (χ4v) is 3.02. The molecule has 1 N–H and O–H groups in total. The maximum absolute atomic E-state index is 11.5. The van der Waals surface area contributed by atoms with E-state index in [4.69, 9.17) is 4.74 Å². The maximum Gasteiger partial charge on any atom is 1.00 e. The number of hydrogen-bond acceptors (Lipinski definition) is 4. The van der Waals surface area contributed by atoms with Gasteiger partial charge in [-0.2, -0.15) is 8.42 Å². The van der Waals surface area contributed by atoms with Crippen LogP contribution in [0.3, 0.4) is 0 Å². The molecular formula is C18H21KO5S. The second-order valence-electron chi connectivity index (χ2n) is 5.64. The first-order valence-electron chi connectivity index (χ1n) is 7.95. The van der Waals surface area contributed by atoms with Gasteiger partial charge >= 0.3 is 51.4 Å². The molecule has 0 amide bonds. The van der Waals surface area contributed by atoms with Gasteiger partial charge < -0.3 is 9.84 Å². The normalized spacial score (nSPS) is 11.0. The van der Waals surface area contributed by atoms with E-state index in [9.17, 15) is 18.1 Å². The fourth-order valence-electron chi connectivity index (χ4n) is 2.42. The minimum absolute atomic E-state index is 0. The van der Waals surface area contributed by atoms with Gasteiger partial charge in [0.05, 0.1) is 0 Å². The van der Waals surface area contributed by atoms with Crippen LogP contribution >= 0.6 is 0 Å². The Labute approximate surface area is 191 Å². The van der Waals surface area contributed by atoms with Crippen LogP contribution in [-0.2, 0) is 16.5 Å². The van der Waals surface area contributed by atoms with Gasteiger partial charge in [0.25, 0.3) is 10.1 Å². The Balaban J connectivity index is 0.00000312. The van der Waals surface area contributed by atoms with E-state index in [0.717, 1.165) is 37.7 Å². The summed E-state index contributed by atoms with van der Waals surface area (Å²) >= 11 is 0. The molecule has 0 heterocycles. The van der Waals surface area contributed by atoms with Crippen molar-refractivity contribution in [3.05, 3.63) is 48.0 Å². The van der Waals surface area contributed by atoms with Crippen LogP contribution in [0.4, 0.5) is 0 Å². The van der Waals surface area contributed by atoms with Crippen molar-refractivity contribution in [2.75, 3.05) is 0 Å². The Hall–Kier alpha value is -0.414. The molecular weight excluding hydrogens is 367 g/mol. The zero-order valence-corrected chi connectivity index (χ0v) is 18.5. The number of hydrogen-bond donors (Lipinski definition) is 1. The van der Waals surface area contributed by atoms with Crippen molar-refractivity contribution in [3.8, 4) is 17.2 Å². The molecule has 0 aliphatic heterocycles. The molecule has 0 bridgehead atoms. The average molecular weight is 389 g/mol. The van der Waals surface area contributed by atoms with E-state index in [1.165, 1.54) is 24.3 Å². The Kier molecular flexibility index (Phi) is 9.65. The van der Waals surface area contributed by atoms with Crippen molar-refractivity contribution in [3.63, 3.8) is 0 Å². The van der Waals surface area contributed by atoms with Crippen molar-refractivity contribution < 1.29 is 74.2 Å². The molecule has 0 unspecified atom stereocenters. The van der Waals surface area contributed by atoms with Crippen molar-refractivity contribution in [2.24, 2.45) is 0 Å². The molecule has 0 aromatic heterocycles. The second-order valence-corrected chi connectivity index (χ2v) is 7.03. The molecule has 2 aromatic carbocycles. The number of unbranched alkanes of at least 4 members (excludes halogenated alkanes) is 3. The molecule has 0 fully saturated rings. The predicted molar refractivity (Wildman–Crippen MR) is 90.1 cm³/mol. The smallest absolute Gasteiger partial charge is 0.872 e. The molecule has 0 radical (unpaired) electrons. The van der Waals surface area contributed by atoms with Crippen LogP contribution in [0.25, 0.3) is 0 Å². The minimum atomic E-state index is -4.41. The van der Waals surface area contributed by atoms with E-state index in [-0.39, 0.29) is 73.5 Å². The molecule has 0 saturated heterocycles. The van der Waals surface area contributed by atoms with Crippen molar-refractivity contribution >= 4 is 10.1 Å². The van der Waals surface area contributed by atoms with Crippen LogP contribution in [0.15, 0.2) is 47.4 Å². The van der Waals surface area contributed by atoms with Gasteiger partial charge in [0.2, 0.25) is 0 Å². The fraction of sp³-hybridized carbons (Fsp3) is 0.333. The van der Waals surface area contributed by atoms with Crippen molar-refractivity contribution in [2.45, 2.75) is 43.9 Å². The third-order valence-electron chi connectivity index (χ3n) is 3.64. The molecule has 25 heavy (non-hydrogen) atoms.